The van der Waals surface area contributed by atoms with Gasteiger partial charge in [-0.3, -0.25) is 19.2 Å². The van der Waals surface area contributed by atoms with Gasteiger partial charge in [0.25, 0.3) is 0 Å². The van der Waals surface area contributed by atoms with E-state index in [0.29, 0.717) is 33.9 Å². The lowest BCUT2D eigenvalue weighted by atomic mass is 9.64. The Labute approximate surface area is 227 Å². The zero-order chi connectivity index (χ0) is 27.2. The summed E-state index contributed by atoms with van der Waals surface area (Å²) in [5.74, 6) is -2.11. The maximum atomic E-state index is 14.8. The minimum Gasteiger partial charge on any atom is -0.364 e. The summed E-state index contributed by atoms with van der Waals surface area (Å²) in [5.41, 5.74) is -1.80. The number of para-hydroxylation sites is 4. The summed E-state index contributed by atoms with van der Waals surface area (Å²) in [6.07, 6.45) is 0. The molecule has 8 nitrogen and oxygen atoms in total. The fraction of sp³-hybridized carbons (Fsp3) is 0.0625. The molecule has 0 aromatic heterocycles. The van der Waals surface area contributed by atoms with Crippen molar-refractivity contribution in [3.63, 3.8) is 0 Å². The predicted molar refractivity (Wildman–Crippen MR) is 150 cm³/mol. The van der Waals surface area contributed by atoms with E-state index in [-0.39, 0.29) is 22.6 Å². The fourth-order valence-electron chi connectivity index (χ4n) is 6.35. The number of hydrogen-bond acceptors (Lipinski definition) is 8. The van der Waals surface area contributed by atoms with Crippen LogP contribution in [-0.4, -0.2) is 45.6 Å². The summed E-state index contributed by atoms with van der Waals surface area (Å²) in [6, 6.07) is 27.1. The first-order valence-corrected chi connectivity index (χ1v) is 12.8. The van der Waals surface area contributed by atoms with Crippen molar-refractivity contribution >= 4 is 57.3 Å². The van der Waals surface area contributed by atoms with Crippen molar-refractivity contribution in [3.05, 3.63) is 119 Å². The molecule has 0 spiro atoms. The second-order valence-electron chi connectivity index (χ2n) is 10.1. The summed E-state index contributed by atoms with van der Waals surface area (Å²) in [4.78, 5) is 67.1. The number of ketones is 4. The van der Waals surface area contributed by atoms with Crippen molar-refractivity contribution in [2.45, 2.75) is 11.1 Å². The minimum absolute atomic E-state index is 0.171. The Morgan fingerprint density at radius 3 is 1.18 bits per heavy atom. The molecule has 8 heteroatoms. The predicted octanol–water partition coefficient (Wildman–Crippen LogP) is 5.02. The summed E-state index contributed by atoms with van der Waals surface area (Å²) in [6.45, 7) is 0. The standard InChI is InChI=1S/C32H18N4O4/c37-25-17-9-1-5-13-21(17)33-27(25)31(29(39)19-11-3-7-15-23(19)35-31)32(30(40)20-12-4-8-16-24(20)36-32)28-26(38)18-10-2-6-14-22(18)34-28/h1-16,35-36H/t31-,32+. The van der Waals surface area contributed by atoms with Gasteiger partial charge in [-0.1, -0.05) is 48.5 Å². The largest absolute Gasteiger partial charge is 0.364 e. The molecule has 8 rings (SSSR count). The molecule has 4 heterocycles. The third kappa shape index (κ3) is 2.50. The van der Waals surface area contributed by atoms with Crippen molar-refractivity contribution in [1.29, 1.82) is 0 Å². The molecule has 0 fully saturated rings. The molecule has 4 aliphatic rings. The van der Waals surface area contributed by atoms with Crippen LogP contribution in [-0.2, 0) is 0 Å². The first kappa shape index (κ1) is 22.5. The van der Waals surface area contributed by atoms with E-state index in [9.17, 15) is 19.2 Å². The van der Waals surface area contributed by atoms with Gasteiger partial charge in [0.1, 0.15) is 11.4 Å². The minimum atomic E-state index is -2.13. The summed E-state index contributed by atoms with van der Waals surface area (Å²) in [5, 5.41) is 6.52. The van der Waals surface area contributed by atoms with E-state index in [1.807, 2.05) is 0 Å². The number of nitrogens with zero attached hydrogens (tertiary/aromatic N) is 2. The molecule has 0 bridgehead atoms. The molecule has 0 unspecified atom stereocenters. The first-order chi connectivity index (χ1) is 19.5. The number of benzene rings is 4. The Morgan fingerprint density at radius 1 is 0.450 bits per heavy atom. The molecule has 0 aliphatic carbocycles. The normalized spacial score (nSPS) is 23.6. The number of anilines is 2. The lowest BCUT2D eigenvalue weighted by molar-refractivity contribution is 0.0837. The molecule has 0 amide bonds. The molecule has 2 N–H and O–H groups in total. The van der Waals surface area contributed by atoms with Crippen LogP contribution in [0.5, 0.6) is 0 Å². The van der Waals surface area contributed by atoms with Gasteiger partial charge >= 0.3 is 0 Å². The van der Waals surface area contributed by atoms with E-state index < -0.39 is 34.2 Å². The highest BCUT2D eigenvalue weighted by Gasteiger charge is 2.74. The average molecular weight is 523 g/mol. The van der Waals surface area contributed by atoms with Gasteiger partial charge < -0.3 is 10.6 Å². The highest BCUT2D eigenvalue weighted by molar-refractivity contribution is 6.65. The van der Waals surface area contributed by atoms with Crippen molar-refractivity contribution in [2.75, 3.05) is 10.6 Å². The Kier molecular flexibility index (Phi) is 4.24. The number of aliphatic imine (C=N–C) groups is 2. The van der Waals surface area contributed by atoms with Crippen LogP contribution in [0.25, 0.3) is 0 Å². The molecular formula is C32H18N4O4. The van der Waals surface area contributed by atoms with Crippen LogP contribution in [0.2, 0.25) is 0 Å². The van der Waals surface area contributed by atoms with Crippen LogP contribution >= 0.6 is 0 Å². The van der Waals surface area contributed by atoms with Gasteiger partial charge in [0, 0.05) is 33.6 Å². The zero-order valence-electron chi connectivity index (χ0n) is 20.8. The highest BCUT2D eigenvalue weighted by atomic mass is 16.2. The molecule has 40 heavy (non-hydrogen) atoms. The van der Waals surface area contributed by atoms with Crippen molar-refractivity contribution in [3.8, 4) is 0 Å². The Morgan fingerprint density at radius 2 is 0.800 bits per heavy atom. The summed E-state index contributed by atoms with van der Waals surface area (Å²) < 4.78 is 0. The average Bonchev–Trinajstić information content (AvgIpc) is 3.69. The monoisotopic (exact) mass is 522 g/mol. The molecule has 4 aliphatic heterocycles. The van der Waals surface area contributed by atoms with Gasteiger partial charge in [0.2, 0.25) is 11.6 Å². The Hall–Kier alpha value is -5.50. The second kappa shape index (κ2) is 7.54. The number of rotatable bonds is 3. The molecule has 4 aromatic carbocycles. The number of carbonyl (C=O) groups excluding carboxylic acids is 4. The van der Waals surface area contributed by atoms with E-state index in [4.69, 9.17) is 0 Å². The quantitative estimate of drug-likeness (QED) is 0.390. The highest BCUT2D eigenvalue weighted by Crippen LogP contribution is 2.51. The molecule has 4 aromatic rings. The molecule has 0 saturated heterocycles. The Balaban J connectivity index is 1.48. The molecule has 2 atom stereocenters. The van der Waals surface area contributed by atoms with Crippen LogP contribution in [0.4, 0.5) is 22.7 Å². The van der Waals surface area contributed by atoms with Gasteiger partial charge in [-0.2, -0.15) is 0 Å². The van der Waals surface area contributed by atoms with Gasteiger partial charge in [-0.15, -0.1) is 0 Å². The lowest BCUT2D eigenvalue weighted by Gasteiger charge is -2.43. The van der Waals surface area contributed by atoms with Crippen LogP contribution < -0.4 is 10.6 Å². The van der Waals surface area contributed by atoms with Gasteiger partial charge in [-0.05, 0) is 48.5 Å². The van der Waals surface area contributed by atoms with Crippen LogP contribution in [0.1, 0.15) is 41.4 Å². The van der Waals surface area contributed by atoms with E-state index in [1.165, 1.54) is 0 Å². The number of Topliss-reactive ketones (excluding diaryl/α,β-unsaturated/α-hetero) is 4. The lowest BCUT2D eigenvalue weighted by Crippen LogP contribution is -2.76. The number of nitrogens with one attached hydrogen (secondary N) is 2. The van der Waals surface area contributed by atoms with E-state index in [0.717, 1.165) is 0 Å². The topological polar surface area (TPSA) is 117 Å². The number of carbonyl (C=O) groups is 4. The van der Waals surface area contributed by atoms with E-state index >= 15 is 0 Å². The molecule has 0 saturated carbocycles. The third-order valence-electron chi connectivity index (χ3n) is 8.13. The van der Waals surface area contributed by atoms with Gasteiger partial charge in [-0.25, -0.2) is 9.98 Å². The molecule has 190 valence electrons. The summed E-state index contributed by atoms with van der Waals surface area (Å²) in [7, 11) is 0. The first-order valence-electron chi connectivity index (χ1n) is 12.8. The van der Waals surface area contributed by atoms with Crippen molar-refractivity contribution < 1.29 is 19.2 Å². The molecular weight excluding hydrogens is 504 g/mol. The fourth-order valence-corrected chi connectivity index (χ4v) is 6.35. The van der Waals surface area contributed by atoms with Crippen molar-refractivity contribution in [1.82, 2.24) is 0 Å². The summed E-state index contributed by atoms with van der Waals surface area (Å²) >= 11 is 0. The van der Waals surface area contributed by atoms with Gasteiger partial charge in [0.15, 0.2) is 22.6 Å². The van der Waals surface area contributed by atoms with Crippen LogP contribution in [0, 0.1) is 0 Å². The van der Waals surface area contributed by atoms with E-state index in [1.54, 1.807) is 97.1 Å². The smallest absolute Gasteiger partial charge is 0.212 e. The zero-order valence-corrected chi connectivity index (χ0v) is 20.8. The van der Waals surface area contributed by atoms with Gasteiger partial charge in [0.05, 0.1) is 11.4 Å². The van der Waals surface area contributed by atoms with Crippen molar-refractivity contribution in [2.24, 2.45) is 9.98 Å². The SMILES string of the molecule is O=C1C([C@]2([C@]3(C4=Nc5ccccc5C4=O)Nc4ccccc4C3=O)Nc3ccccc3C2=O)=Nc2ccccc21. The third-order valence-corrected chi connectivity index (χ3v) is 8.13. The van der Waals surface area contributed by atoms with Crippen LogP contribution in [0.15, 0.2) is 107 Å². The maximum absolute atomic E-state index is 14.8. The number of fused-ring (bicyclic) bond motifs is 4. The number of hydrogen-bond donors (Lipinski definition) is 2. The second-order valence-corrected chi connectivity index (χ2v) is 10.1. The van der Waals surface area contributed by atoms with Crippen LogP contribution in [0.3, 0.4) is 0 Å². The maximum Gasteiger partial charge on any atom is 0.212 e. The van der Waals surface area contributed by atoms with E-state index in [2.05, 4.69) is 20.6 Å². The Bertz CT molecular complexity index is 1820. The molecule has 0 radical (unpaired) electrons.